The molecule has 6 heteroatoms. The molecular weight excluding hydrogens is 288 g/mol. The molecule has 0 aliphatic rings. The van der Waals surface area contributed by atoms with Crippen LogP contribution in [-0.2, 0) is 0 Å². The van der Waals surface area contributed by atoms with Crippen LogP contribution in [0, 0.1) is 0 Å². The molecule has 6 nitrogen and oxygen atoms in total. The minimum absolute atomic E-state index is 0.685. The second-order valence-corrected chi connectivity index (χ2v) is 4.85. The van der Waals surface area contributed by atoms with E-state index < -0.39 is 0 Å². The smallest absolute Gasteiger partial charge is 0.251 e. The lowest BCUT2D eigenvalue weighted by Gasteiger charge is -2.02. The molecule has 0 aliphatic heterocycles. The molecule has 0 fully saturated rings. The van der Waals surface area contributed by atoms with Crippen LogP contribution in [0.3, 0.4) is 0 Å². The Morgan fingerprint density at radius 3 is 1.96 bits per heavy atom. The zero-order valence-corrected chi connectivity index (χ0v) is 12.2. The fraction of sp³-hybridized carbons (Fsp3) is 0. The van der Waals surface area contributed by atoms with E-state index in [1.807, 2.05) is 59.2 Å². The van der Waals surface area contributed by atoms with Gasteiger partial charge in [0.2, 0.25) is 5.82 Å². The zero-order valence-electron chi connectivity index (χ0n) is 12.2. The average molecular weight is 301 g/mol. The predicted octanol–water partition coefficient (Wildman–Crippen LogP) is 2.21. The lowest BCUT2D eigenvalue weighted by Crippen LogP contribution is -2.35. The summed E-state index contributed by atoms with van der Waals surface area (Å²) in [6.07, 6.45) is 5.24. The van der Waals surface area contributed by atoms with Gasteiger partial charge in [-0.15, -0.1) is 4.98 Å². The van der Waals surface area contributed by atoms with Gasteiger partial charge in [0.25, 0.3) is 11.6 Å². The van der Waals surface area contributed by atoms with E-state index >= 15 is 0 Å². The molecule has 23 heavy (non-hydrogen) atoms. The number of H-pyrrole nitrogens is 1. The quantitative estimate of drug-likeness (QED) is 0.589. The van der Waals surface area contributed by atoms with Crippen LogP contribution < -0.4 is 4.57 Å². The molecule has 0 saturated carbocycles. The topological polar surface area (TPSA) is 71.2 Å². The maximum absolute atomic E-state index is 4.44. The van der Waals surface area contributed by atoms with Crippen LogP contribution in [0.1, 0.15) is 0 Å². The summed E-state index contributed by atoms with van der Waals surface area (Å²) in [4.78, 5) is 13.2. The highest BCUT2D eigenvalue weighted by Crippen LogP contribution is 2.17. The summed E-state index contributed by atoms with van der Waals surface area (Å²) in [6, 6.07) is 17.2. The molecule has 0 aromatic carbocycles. The van der Waals surface area contributed by atoms with Gasteiger partial charge in [-0.1, -0.05) is 18.2 Å². The van der Waals surface area contributed by atoms with Crippen molar-refractivity contribution in [3.05, 3.63) is 73.2 Å². The van der Waals surface area contributed by atoms with Crippen LogP contribution >= 0.6 is 0 Å². The molecule has 110 valence electrons. The zero-order chi connectivity index (χ0) is 15.5. The van der Waals surface area contributed by atoms with Crippen molar-refractivity contribution in [1.82, 2.24) is 25.1 Å². The van der Waals surface area contributed by atoms with Gasteiger partial charge < -0.3 is 0 Å². The number of nitrogens with one attached hydrogen (secondary N) is 1. The van der Waals surface area contributed by atoms with Crippen molar-refractivity contribution in [3.8, 4) is 28.9 Å². The Bertz CT molecular complexity index is 847. The van der Waals surface area contributed by atoms with E-state index in [0.717, 1.165) is 23.0 Å². The molecule has 0 bridgehead atoms. The average Bonchev–Trinajstić information content (AvgIpc) is 3.09. The molecule has 0 aliphatic carbocycles. The van der Waals surface area contributed by atoms with Gasteiger partial charge in [0.05, 0.1) is 6.20 Å². The number of hydrogen-bond donors (Lipinski definition) is 1. The molecule has 1 N–H and O–H groups in total. The molecule has 4 aromatic rings. The SMILES string of the molecule is c1ccc(-c2n[nH]c(-c3ccccn3)[n+]2-c2ccccn2)nc1. The summed E-state index contributed by atoms with van der Waals surface area (Å²) in [5, 5.41) is 7.49. The second kappa shape index (κ2) is 5.76. The lowest BCUT2D eigenvalue weighted by molar-refractivity contribution is -0.576. The molecule has 4 rings (SSSR count). The van der Waals surface area contributed by atoms with Gasteiger partial charge in [0.15, 0.2) is 0 Å². The van der Waals surface area contributed by atoms with E-state index in [4.69, 9.17) is 0 Å². The maximum atomic E-state index is 4.44. The van der Waals surface area contributed by atoms with Gasteiger partial charge in [-0.2, -0.15) is 9.67 Å². The Hall–Kier alpha value is -3.41. The first-order chi connectivity index (χ1) is 11.4. The summed E-state index contributed by atoms with van der Waals surface area (Å²) in [6.45, 7) is 0. The largest absolute Gasteiger partial charge is 0.297 e. The van der Waals surface area contributed by atoms with E-state index in [1.165, 1.54) is 0 Å². The summed E-state index contributed by atoms with van der Waals surface area (Å²) in [5.41, 5.74) is 1.55. The maximum Gasteiger partial charge on any atom is 0.297 e. The third kappa shape index (κ3) is 2.46. The number of nitrogens with zero attached hydrogens (tertiary/aromatic N) is 5. The molecule has 0 atom stereocenters. The Balaban J connectivity index is 1.97. The molecule has 0 saturated heterocycles. The van der Waals surface area contributed by atoms with Crippen molar-refractivity contribution in [2.45, 2.75) is 0 Å². The summed E-state index contributed by atoms with van der Waals surface area (Å²) >= 11 is 0. The highest BCUT2D eigenvalue weighted by atomic mass is 15.3. The third-order valence-corrected chi connectivity index (χ3v) is 3.38. The standard InChI is InChI=1S/C17H12N6/c1-4-10-18-13(7-1)16-21-22-17(14-8-2-5-11-19-14)23(16)15-9-3-6-12-20-15/h1-12H/p+1. The monoisotopic (exact) mass is 301 g/mol. The number of pyridine rings is 3. The van der Waals surface area contributed by atoms with Gasteiger partial charge in [0.1, 0.15) is 11.4 Å². The van der Waals surface area contributed by atoms with Crippen LogP contribution in [0.15, 0.2) is 73.2 Å². The van der Waals surface area contributed by atoms with E-state index in [2.05, 4.69) is 25.1 Å². The van der Waals surface area contributed by atoms with Crippen LogP contribution in [-0.4, -0.2) is 25.1 Å². The molecular formula is C17H13N6+. The Labute approximate surface area is 132 Å². The Morgan fingerprint density at radius 1 is 0.696 bits per heavy atom. The highest BCUT2D eigenvalue weighted by molar-refractivity contribution is 5.51. The van der Waals surface area contributed by atoms with Gasteiger partial charge >= 0.3 is 0 Å². The predicted molar refractivity (Wildman–Crippen MR) is 84.4 cm³/mol. The number of hydrogen-bond acceptors (Lipinski definition) is 4. The fourth-order valence-corrected chi connectivity index (χ4v) is 2.36. The van der Waals surface area contributed by atoms with Gasteiger partial charge in [-0.3, -0.25) is 9.97 Å². The summed E-state index contributed by atoms with van der Waals surface area (Å²) in [5.74, 6) is 2.19. The molecule has 4 aromatic heterocycles. The van der Waals surface area contributed by atoms with Crippen molar-refractivity contribution >= 4 is 0 Å². The first-order valence-electron chi connectivity index (χ1n) is 7.18. The normalized spacial score (nSPS) is 10.6. The Kier molecular flexibility index (Phi) is 3.32. The van der Waals surface area contributed by atoms with Crippen molar-refractivity contribution in [3.63, 3.8) is 0 Å². The van der Waals surface area contributed by atoms with Crippen LogP contribution in [0.25, 0.3) is 28.9 Å². The van der Waals surface area contributed by atoms with Crippen LogP contribution in [0.2, 0.25) is 0 Å². The van der Waals surface area contributed by atoms with Crippen molar-refractivity contribution in [2.75, 3.05) is 0 Å². The van der Waals surface area contributed by atoms with Crippen LogP contribution in [0.4, 0.5) is 0 Å². The first kappa shape index (κ1) is 13.3. The number of aromatic nitrogens is 6. The summed E-state index contributed by atoms with van der Waals surface area (Å²) in [7, 11) is 0. The van der Waals surface area contributed by atoms with E-state index in [9.17, 15) is 0 Å². The minimum Gasteiger partial charge on any atom is -0.251 e. The van der Waals surface area contributed by atoms with E-state index in [0.29, 0.717) is 5.82 Å². The van der Waals surface area contributed by atoms with Crippen LogP contribution in [0.5, 0.6) is 0 Å². The van der Waals surface area contributed by atoms with Gasteiger partial charge in [-0.25, -0.2) is 0 Å². The van der Waals surface area contributed by atoms with Crippen molar-refractivity contribution in [2.24, 2.45) is 0 Å². The number of rotatable bonds is 3. The molecule has 0 radical (unpaired) electrons. The van der Waals surface area contributed by atoms with Gasteiger partial charge in [0, 0.05) is 18.5 Å². The Morgan fingerprint density at radius 2 is 1.35 bits per heavy atom. The molecule has 0 amide bonds. The third-order valence-electron chi connectivity index (χ3n) is 3.38. The summed E-state index contributed by atoms with van der Waals surface area (Å²) < 4.78 is 1.92. The van der Waals surface area contributed by atoms with Gasteiger partial charge in [-0.05, 0) is 35.4 Å². The number of aromatic amines is 1. The van der Waals surface area contributed by atoms with E-state index in [1.54, 1.807) is 18.6 Å². The first-order valence-corrected chi connectivity index (χ1v) is 7.18. The fourth-order valence-electron chi connectivity index (χ4n) is 2.36. The molecule has 0 unspecified atom stereocenters. The highest BCUT2D eigenvalue weighted by Gasteiger charge is 2.25. The second-order valence-electron chi connectivity index (χ2n) is 4.85. The minimum atomic E-state index is 0.685. The van der Waals surface area contributed by atoms with Crippen molar-refractivity contribution < 1.29 is 4.57 Å². The van der Waals surface area contributed by atoms with Crippen molar-refractivity contribution in [1.29, 1.82) is 0 Å². The lowest BCUT2D eigenvalue weighted by atomic mass is 10.3. The molecule has 4 heterocycles. The molecule has 0 spiro atoms. The van der Waals surface area contributed by atoms with E-state index in [-0.39, 0.29) is 0 Å².